The van der Waals surface area contributed by atoms with Gasteiger partial charge in [-0.05, 0) is 18.2 Å². The molecule has 110 valence electrons. The Morgan fingerprint density at radius 2 is 2.00 bits per heavy atom. The zero-order valence-electron chi connectivity index (χ0n) is 11.0. The molecule has 2 aromatic carbocycles. The van der Waals surface area contributed by atoms with Crippen LogP contribution in [0.3, 0.4) is 0 Å². The van der Waals surface area contributed by atoms with Crippen LogP contribution in [0.25, 0.3) is 11.1 Å². The monoisotopic (exact) mass is 326 g/mol. The molecule has 21 heavy (non-hydrogen) atoms. The molecule has 1 aliphatic heterocycles. The van der Waals surface area contributed by atoms with Crippen molar-refractivity contribution in [3.05, 3.63) is 46.2 Å². The Balaban J connectivity index is 2.17. The van der Waals surface area contributed by atoms with Gasteiger partial charge in [0.2, 0.25) is 0 Å². The van der Waals surface area contributed by atoms with Crippen LogP contribution in [-0.2, 0) is 0 Å². The summed E-state index contributed by atoms with van der Waals surface area (Å²) in [4.78, 5) is 0. The number of rotatable bonds is 2. The first-order valence-electron chi connectivity index (χ1n) is 6.48. The SMILES string of the molecule is NCC1CNc2cccc(-c3c(Cl)cc(F)cc3Cl)c2O1. The molecule has 6 heteroatoms. The molecular weight excluding hydrogens is 314 g/mol. The normalized spacial score (nSPS) is 16.9. The van der Waals surface area contributed by atoms with E-state index in [1.165, 1.54) is 12.1 Å². The van der Waals surface area contributed by atoms with Crippen LogP contribution < -0.4 is 15.8 Å². The highest BCUT2D eigenvalue weighted by atomic mass is 35.5. The maximum absolute atomic E-state index is 13.4. The van der Waals surface area contributed by atoms with Gasteiger partial charge in [0, 0.05) is 17.7 Å². The van der Waals surface area contributed by atoms with Crippen LogP contribution >= 0.6 is 23.2 Å². The molecule has 1 unspecified atom stereocenters. The predicted molar refractivity (Wildman–Crippen MR) is 83.8 cm³/mol. The van der Waals surface area contributed by atoms with Crippen molar-refractivity contribution >= 4 is 28.9 Å². The summed E-state index contributed by atoms with van der Waals surface area (Å²) < 4.78 is 19.3. The van der Waals surface area contributed by atoms with Crippen molar-refractivity contribution in [3.8, 4) is 16.9 Å². The minimum atomic E-state index is -0.475. The molecule has 2 aromatic rings. The van der Waals surface area contributed by atoms with Crippen molar-refractivity contribution in [2.45, 2.75) is 6.10 Å². The average molecular weight is 327 g/mol. The van der Waals surface area contributed by atoms with Crippen molar-refractivity contribution in [2.75, 3.05) is 18.4 Å². The largest absolute Gasteiger partial charge is 0.484 e. The highest BCUT2D eigenvalue weighted by molar-refractivity contribution is 6.39. The Bertz CT molecular complexity index is 670. The molecule has 0 saturated heterocycles. The Hall–Kier alpha value is -1.49. The van der Waals surface area contributed by atoms with Crippen molar-refractivity contribution < 1.29 is 9.13 Å². The Morgan fingerprint density at radius 1 is 1.29 bits per heavy atom. The van der Waals surface area contributed by atoms with Crippen LogP contribution in [0, 0.1) is 5.82 Å². The van der Waals surface area contributed by atoms with E-state index in [9.17, 15) is 4.39 Å². The molecule has 0 spiro atoms. The topological polar surface area (TPSA) is 47.3 Å². The van der Waals surface area contributed by atoms with E-state index in [1.54, 1.807) is 0 Å². The lowest BCUT2D eigenvalue weighted by Gasteiger charge is -2.28. The van der Waals surface area contributed by atoms with Gasteiger partial charge < -0.3 is 15.8 Å². The molecule has 1 atom stereocenters. The van der Waals surface area contributed by atoms with Crippen LogP contribution in [-0.4, -0.2) is 19.2 Å². The van der Waals surface area contributed by atoms with Crippen LogP contribution in [0.4, 0.5) is 10.1 Å². The quantitative estimate of drug-likeness (QED) is 0.878. The van der Waals surface area contributed by atoms with Gasteiger partial charge in [0.05, 0.1) is 22.3 Å². The van der Waals surface area contributed by atoms with Gasteiger partial charge in [-0.3, -0.25) is 0 Å². The number of nitrogens with one attached hydrogen (secondary N) is 1. The summed E-state index contributed by atoms with van der Waals surface area (Å²) in [6.45, 7) is 1.03. The average Bonchev–Trinajstić information content (AvgIpc) is 2.46. The van der Waals surface area contributed by atoms with Gasteiger partial charge in [0.1, 0.15) is 11.9 Å². The molecule has 0 aliphatic carbocycles. The van der Waals surface area contributed by atoms with Gasteiger partial charge in [-0.15, -0.1) is 0 Å². The molecular formula is C15H13Cl2FN2O. The van der Waals surface area contributed by atoms with E-state index in [0.29, 0.717) is 30.0 Å². The van der Waals surface area contributed by atoms with Crippen LogP contribution in [0.1, 0.15) is 0 Å². The van der Waals surface area contributed by atoms with E-state index in [0.717, 1.165) is 5.69 Å². The summed E-state index contributed by atoms with van der Waals surface area (Å²) >= 11 is 12.3. The number of hydrogen-bond donors (Lipinski definition) is 2. The molecule has 3 nitrogen and oxygen atoms in total. The van der Waals surface area contributed by atoms with E-state index in [2.05, 4.69) is 5.32 Å². The molecule has 0 fully saturated rings. The van der Waals surface area contributed by atoms with Gasteiger partial charge in [0.25, 0.3) is 0 Å². The molecule has 0 amide bonds. The number of nitrogens with two attached hydrogens (primary N) is 1. The Morgan fingerprint density at radius 3 is 2.67 bits per heavy atom. The second kappa shape index (κ2) is 5.72. The fourth-order valence-corrected chi connectivity index (χ4v) is 3.03. The Kier molecular flexibility index (Phi) is 3.93. The second-order valence-electron chi connectivity index (χ2n) is 4.78. The van der Waals surface area contributed by atoms with E-state index in [-0.39, 0.29) is 16.1 Å². The molecule has 3 N–H and O–H groups in total. The highest BCUT2D eigenvalue weighted by Crippen LogP contribution is 2.44. The number of halogens is 3. The van der Waals surface area contributed by atoms with E-state index >= 15 is 0 Å². The number of ether oxygens (including phenoxy) is 1. The van der Waals surface area contributed by atoms with Gasteiger partial charge in [-0.1, -0.05) is 35.3 Å². The van der Waals surface area contributed by atoms with Crippen LogP contribution in [0.5, 0.6) is 5.75 Å². The molecule has 0 aromatic heterocycles. The van der Waals surface area contributed by atoms with Gasteiger partial charge >= 0.3 is 0 Å². The number of hydrogen-bond acceptors (Lipinski definition) is 3. The smallest absolute Gasteiger partial charge is 0.150 e. The first-order valence-corrected chi connectivity index (χ1v) is 7.24. The predicted octanol–water partition coefficient (Wildman–Crippen LogP) is 3.93. The van der Waals surface area contributed by atoms with E-state index < -0.39 is 5.82 Å². The molecule has 0 radical (unpaired) electrons. The van der Waals surface area contributed by atoms with Gasteiger partial charge in [0.15, 0.2) is 5.75 Å². The van der Waals surface area contributed by atoms with Crippen LogP contribution in [0.15, 0.2) is 30.3 Å². The zero-order valence-corrected chi connectivity index (χ0v) is 12.5. The second-order valence-corrected chi connectivity index (χ2v) is 5.60. The number of para-hydroxylation sites is 1. The molecule has 0 saturated carbocycles. The van der Waals surface area contributed by atoms with E-state index in [1.807, 2.05) is 18.2 Å². The lowest BCUT2D eigenvalue weighted by Crippen LogP contribution is -2.37. The fraction of sp³-hybridized carbons (Fsp3) is 0.200. The summed E-state index contributed by atoms with van der Waals surface area (Å²) in [5.41, 5.74) is 7.77. The lowest BCUT2D eigenvalue weighted by molar-refractivity contribution is 0.215. The minimum absolute atomic E-state index is 0.128. The van der Waals surface area contributed by atoms with Crippen molar-refractivity contribution in [2.24, 2.45) is 5.73 Å². The van der Waals surface area contributed by atoms with Crippen molar-refractivity contribution in [3.63, 3.8) is 0 Å². The van der Waals surface area contributed by atoms with E-state index in [4.69, 9.17) is 33.7 Å². The summed E-state index contributed by atoms with van der Waals surface area (Å²) in [7, 11) is 0. The summed E-state index contributed by atoms with van der Waals surface area (Å²) in [5.74, 6) is 0.159. The van der Waals surface area contributed by atoms with Gasteiger partial charge in [-0.2, -0.15) is 0 Å². The number of benzene rings is 2. The van der Waals surface area contributed by atoms with Crippen molar-refractivity contribution in [1.82, 2.24) is 0 Å². The third kappa shape index (κ3) is 2.67. The van der Waals surface area contributed by atoms with Crippen LogP contribution in [0.2, 0.25) is 10.0 Å². The minimum Gasteiger partial charge on any atom is -0.484 e. The molecule has 3 rings (SSSR count). The highest BCUT2D eigenvalue weighted by Gasteiger charge is 2.23. The third-order valence-corrected chi connectivity index (χ3v) is 3.96. The lowest BCUT2D eigenvalue weighted by atomic mass is 10.0. The van der Waals surface area contributed by atoms with Crippen molar-refractivity contribution in [1.29, 1.82) is 0 Å². The van der Waals surface area contributed by atoms with Gasteiger partial charge in [-0.25, -0.2) is 4.39 Å². The Labute approximate surface area is 131 Å². The standard InChI is InChI=1S/C15H13Cl2FN2O/c16-11-4-8(18)5-12(17)14(11)10-2-1-3-13-15(10)21-9(6-19)7-20-13/h1-5,9,20H,6-7,19H2. The maximum atomic E-state index is 13.4. The number of fused-ring (bicyclic) bond motifs is 1. The number of anilines is 1. The zero-order chi connectivity index (χ0) is 15.0. The third-order valence-electron chi connectivity index (χ3n) is 3.36. The fourth-order valence-electron chi connectivity index (χ4n) is 2.36. The summed E-state index contributed by atoms with van der Waals surface area (Å²) in [6, 6.07) is 8.07. The summed E-state index contributed by atoms with van der Waals surface area (Å²) in [5, 5.41) is 3.74. The molecule has 0 bridgehead atoms. The molecule has 1 heterocycles. The maximum Gasteiger partial charge on any atom is 0.150 e. The first-order chi connectivity index (χ1) is 10.1. The summed E-state index contributed by atoms with van der Waals surface area (Å²) in [6.07, 6.45) is -0.128. The molecule has 1 aliphatic rings. The first kappa shape index (κ1) is 14.4.